The van der Waals surface area contributed by atoms with E-state index in [2.05, 4.69) is 16.1 Å². The SMILES string of the molecule is C=CCCc1ccc(CC(=O)OCOC(C)=O)o1. The molecule has 0 aromatic carbocycles. The highest BCUT2D eigenvalue weighted by molar-refractivity contribution is 5.72. The van der Waals surface area contributed by atoms with E-state index < -0.39 is 11.9 Å². The molecule has 5 heteroatoms. The lowest BCUT2D eigenvalue weighted by Crippen LogP contribution is -2.12. The molecule has 0 saturated heterocycles. The van der Waals surface area contributed by atoms with Crippen LogP contribution in [0.5, 0.6) is 0 Å². The highest BCUT2D eigenvalue weighted by atomic mass is 16.7. The van der Waals surface area contributed by atoms with Gasteiger partial charge in [0.25, 0.3) is 0 Å². The summed E-state index contributed by atoms with van der Waals surface area (Å²) in [7, 11) is 0. The van der Waals surface area contributed by atoms with Crippen LogP contribution in [0.3, 0.4) is 0 Å². The number of carbonyl (C=O) groups is 2. The minimum Gasteiger partial charge on any atom is -0.465 e. The zero-order valence-electron chi connectivity index (χ0n) is 10.3. The van der Waals surface area contributed by atoms with Crippen molar-refractivity contribution in [1.82, 2.24) is 0 Å². The third-order valence-corrected chi connectivity index (χ3v) is 2.11. The Kier molecular flexibility index (Phi) is 5.70. The molecule has 0 spiro atoms. The zero-order valence-corrected chi connectivity index (χ0v) is 10.3. The Labute approximate surface area is 105 Å². The van der Waals surface area contributed by atoms with Crippen LogP contribution in [0.1, 0.15) is 24.9 Å². The molecule has 0 aliphatic rings. The van der Waals surface area contributed by atoms with Crippen LogP contribution in [-0.2, 0) is 31.9 Å². The summed E-state index contributed by atoms with van der Waals surface area (Å²) in [6, 6.07) is 3.55. The Morgan fingerprint density at radius 2 is 2.06 bits per heavy atom. The van der Waals surface area contributed by atoms with Crippen molar-refractivity contribution in [3.8, 4) is 0 Å². The van der Waals surface area contributed by atoms with Crippen molar-refractivity contribution in [1.29, 1.82) is 0 Å². The lowest BCUT2D eigenvalue weighted by molar-refractivity contribution is -0.165. The van der Waals surface area contributed by atoms with E-state index in [0.29, 0.717) is 5.76 Å². The van der Waals surface area contributed by atoms with Gasteiger partial charge in [0, 0.05) is 13.3 Å². The lowest BCUT2D eigenvalue weighted by atomic mass is 10.2. The third-order valence-electron chi connectivity index (χ3n) is 2.11. The maximum absolute atomic E-state index is 11.3. The molecule has 18 heavy (non-hydrogen) atoms. The number of allylic oxidation sites excluding steroid dienone is 1. The fraction of sp³-hybridized carbons (Fsp3) is 0.385. The molecule has 0 unspecified atom stereocenters. The van der Waals surface area contributed by atoms with E-state index in [0.717, 1.165) is 18.6 Å². The molecule has 0 bridgehead atoms. The first-order valence-corrected chi connectivity index (χ1v) is 5.59. The van der Waals surface area contributed by atoms with E-state index in [9.17, 15) is 9.59 Å². The molecule has 5 nitrogen and oxygen atoms in total. The van der Waals surface area contributed by atoms with Crippen LogP contribution < -0.4 is 0 Å². The van der Waals surface area contributed by atoms with Crippen molar-refractivity contribution >= 4 is 11.9 Å². The summed E-state index contributed by atoms with van der Waals surface area (Å²) in [5.74, 6) is 0.341. The molecule has 0 amide bonds. The molecule has 1 aromatic rings. The van der Waals surface area contributed by atoms with Gasteiger partial charge in [-0.25, -0.2) is 0 Å². The van der Waals surface area contributed by atoms with Crippen LogP contribution in [0, 0.1) is 0 Å². The fourth-order valence-electron chi connectivity index (χ4n) is 1.27. The standard InChI is InChI=1S/C13H16O5/c1-3-4-5-11-6-7-12(18-11)8-13(15)17-9-16-10(2)14/h3,6-7H,1,4-5,8-9H2,2H3. The number of ether oxygens (including phenoxy) is 2. The molecule has 0 fully saturated rings. The summed E-state index contributed by atoms with van der Waals surface area (Å²) in [6.45, 7) is 4.50. The smallest absolute Gasteiger partial charge is 0.316 e. The molecule has 0 radical (unpaired) electrons. The molecular formula is C13H16O5. The first-order valence-electron chi connectivity index (χ1n) is 5.59. The summed E-state index contributed by atoms with van der Waals surface area (Å²) in [5.41, 5.74) is 0. The van der Waals surface area contributed by atoms with E-state index in [1.807, 2.05) is 6.07 Å². The van der Waals surface area contributed by atoms with Gasteiger partial charge < -0.3 is 13.9 Å². The van der Waals surface area contributed by atoms with Crippen LogP contribution >= 0.6 is 0 Å². The maximum atomic E-state index is 11.3. The van der Waals surface area contributed by atoms with Gasteiger partial charge in [-0.05, 0) is 18.6 Å². The van der Waals surface area contributed by atoms with Crippen molar-refractivity contribution in [3.63, 3.8) is 0 Å². The lowest BCUT2D eigenvalue weighted by Gasteiger charge is -2.02. The van der Waals surface area contributed by atoms with Gasteiger partial charge in [-0.3, -0.25) is 9.59 Å². The van der Waals surface area contributed by atoms with Gasteiger partial charge in [0.15, 0.2) is 0 Å². The second kappa shape index (κ2) is 7.32. The van der Waals surface area contributed by atoms with Crippen molar-refractivity contribution in [2.45, 2.75) is 26.2 Å². The minimum atomic E-state index is -0.499. The van der Waals surface area contributed by atoms with E-state index in [4.69, 9.17) is 4.42 Å². The van der Waals surface area contributed by atoms with Gasteiger partial charge in [-0.2, -0.15) is 0 Å². The number of hydrogen-bond donors (Lipinski definition) is 0. The average Bonchev–Trinajstić information content (AvgIpc) is 2.73. The molecule has 98 valence electrons. The van der Waals surface area contributed by atoms with Gasteiger partial charge in [0.05, 0.1) is 0 Å². The largest absolute Gasteiger partial charge is 0.465 e. The highest BCUT2D eigenvalue weighted by Crippen LogP contribution is 2.11. The predicted octanol–water partition coefficient (Wildman–Crippen LogP) is 2.00. The normalized spacial score (nSPS) is 9.83. The Morgan fingerprint density at radius 1 is 1.33 bits per heavy atom. The van der Waals surface area contributed by atoms with Crippen LogP contribution in [-0.4, -0.2) is 18.7 Å². The second-order valence-corrected chi connectivity index (χ2v) is 3.64. The quantitative estimate of drug-likeness (QED) is 0.422. The van der Waals surface area contributed by atoms with Crippen molar-refractivity contribution in [2.75, 3.05) is 6.79 Å². The zero-order chi connectivity index (χ0) is 13.4. The predicted molar refractivity (Wildman–Crippen MR) is 63.7 cm³/mol. The average molecular weight is 252 g/mol. The molecule has 0 N–H and O–H groups in total. The Hall–Kier alpha value is -2.04. The Balaban J connectivity index is 2.32. The molecule has 1 heterocycles. The number of hydrogen-bond acceptors (Lipinski definition) is 5. The van der Waals surface area contributed by atoms with Crippen LogP contribution in [0.2, 0.25) is 0 Å². The topological polar surface area (TPSA) is 65.7 Å². The maximum Gasteiger partial charge on any atom is 0.316 e. The van der Waals surface area contributed by atoms with Gasteiger partial charge >= 0.3 is 11.9 Å². The van der Waals surface area contributed by atoms with Crippen molar-refractivity contribution in [2.24, 2.45) is 0 Å². The minimum absolute atomic E-state index is 0.0232. The van der Waals surface area contributed by atoms with Gasteiger partial charge in [-0.15, -0.1) is 6.58 Å². The van der Waals surface area contributed by atoms with E-state index in [1.54, 1.807) is 12.1 Å². The first-order chi connectivity index (χ1) is 8.61. The van der Waals surface area contributed by atoms with Crippen molar-refractivity contribution in [3.05, 3.63) is 36.3 Å². The van der Waals surface area contributed by atoms with Gasteiger partial charge in [0.1, 0.15) is 17.9 Å². The summed E-state index contributed by atoms with van der Waals surface area (Å²) in [4.78, 5) is 21.8. The molecule has 0 saturated carbocycles. The summed E-state index contributed by atoms with van der Waals surface area (Å²) in [6.07, 6.45) is 3.40. The fourth-order valence-corrected chi connectivity index (χ4v) is 1.27. The Morgan fingerprint density at radius 3 is 2.72 bits per heavy atom. The first kappa shape index (κ1) is 14.0. The van der Waals surface area contributed by atoms with Gasteiger partial charge in [0.2, 0.25) is 6.79 Å². The van der Waals surface area contributed by atoms with E-state index in [-0.39, 0.29) is 13.2 Å². The highest BCUT2D eigenvalue weighted by Gasteiger charge is 2.09. The number of aryl methyl sites for hydroxylation is 1. The molecule has 1 aromatic heterocycles. The molecule has 1 rings (SSSR count). The molecular weight excluding hydrogens is 236 g/mol. The third kappa shape index (κ3) is 5.34. The molecule has 0 aliphatic heterocycles. The monoisotopic (exact) mass is 252 g/mol. The number of rotatable bonds is 7. The molecule has 0 aliphatic carbocycles. The molecule has 0 atom stereocenters. The summed E-state index contributed by atoms with van der Waals surface area (Å²) < 4.78 is 14.6. The summed E-state index contributed by atoms with van der Waals surface area (Å²) in [5, 5.41) is 0. The number of furan rings is 1. The van der Waals surface area contributed by atoms with Crippen molar-refractivity contribution < 1.29 is 23.5 Å². The second-order valence-electron chi connectivity index (χ2n) is 3.64. The van der Waals surface area contributed by atoms with Crippen LogP contribution in [0.4, 0.5) is 0 Å². The number of esters is 2. The van der Waals surface area contributed by atoms with Gasteiger partial charge in [-0.1, -0.05) is 6.08 Å². The summed E-state index contributed by atoms with van der Waals surface area (Å²) >= 11 is 0. The van der Waals surface area contributed by atoms with E-state index in [1.165, 1.54) is 6.92 Å². The van der Waals surface area contributed by atoms with Crippen LogP contribution in [0.15, 0.2) is 29.2 Å². The Bertz CT molecular complexity index is 419. The van der Waals surface area contributed by atoms with E-state index >= 15 is 0 Å². The van der Waals surface area contributed by atoms with Crippen LogP contribution in [0.25, 0.3) is 0 Å². The number of carbonyl (C=O) groups excluding carboxylic acids is 2.